The van der Waals surface area contributed by atoms with Crippen LogP contribution in [0.4, 0.5) is 0 Å². The number of aliphatic hydroxyl groups is 1. The molecule has 0 aromatic rings. The molecule has 1 aliphatic carbocycles. The van der Waals surface area contributed by atoms with E-state index in [-0.39, 0.29) is 6.42 Å². The molecule has 1 aliphatic rings. The van der Waals surface area contributed by atoms with Crippen molar-refractivity contribution in [2.24, 2.45) is 0 Å². The average molecular weight is 212 g/mol. The van der Waals surface area contributed by atoms with Crippen molar-refractivity contribution in [2.45, 2.75) is 25.9 Å². The standard InChI is InChI=1S/C10H12O3S/c1-7(11)6-10(12)13-8-4-2-3-5-9(8)14/h2-4,7,11H,5-6H2,1H3/t7-/m1/s1. The lowest BCUT2D eigenvalue weighted by atomic mass is 10.1. The summed E-state index contributed by atoms with van der Waals surface area (Å²) < 4.78 is 4.98. The van der Waals surface area contributed by atoms with Gasteiger partial charge in [0.1, 0.15) is 5.76 Å². The molecule has 1 N–H and O–H groups in total. The highest BCUT2D eigenvalue weighted by atomic mass is 32.1. The first-order chi connectivity index (χ1) is 6.59. The highest BCUT2D eigenvalue weighted by Gasteiger charge is 2.14. The van der Waals surface area contributed by atoms with Gasteiger partial charge in [-0.3, -0.25) is 4.79 Å². The molecule has 0 unspecified atom stereocenters. The van der Waals surface area contributed by atoms with Crippen LogP contribution >= 0.6 is 12.2 Å². The van der Waals surface area contributed by atoms with Gasteiger partial charge in [0.05, 0.1) is 17.4 Å². The van der Waals surface area contributed by atoms with Crippen molar-refractivity contribution in [2.75, 3.05) is 0 Å². The van der Waals surface area contributed by atoms with Crippen molar-refractivity contribution < 1.29 is 14.6 Å². The molecule has 76 valence electrons. The van der Waals surface area contributed by atoms with Crippen LogP contribution in [0.15, 0.2) is 24.0 Å². The monoisotopic (exact) mass is 212 g/mol. The van der Waals surface area contributed by atoms with E-state index in [4.69, 9.17) is 22.1 Å². The molecular weight excluding hydrogens is 200 g/mol. The van der Waals surface area contributed by atoms with Crippen LogP contribution in [0, 0.1) is 0 Å². The Morgan fingerprint density at radius 2 is 2.50 bits per heavy atom. The number of ether oxygens (including phenoxy) is 1. The summed E-state index contributed by atoms with van der Waals surface area (Å²) in [6, 6.07) is 0. The molecule has 14 heavy (non-hydrogen) atoms. The van der Waals surface area contributed by atoms with Gasteiger partial charge in [0, 0.05) is 6.42 Å². The molecule has 0 aromatic heterocycles. The summed E-state index contributed by atoms with van der Waals surface area (Å²) in [7, 11) is 0. The molecule has 1 rings (SSSR count). The molecule has 4 heteroatoms. The zero-order chi connectivity index (χ0) is 10.6. The van der Waals surface area contributed by atoms with E-state index < -0.39 is 12.1 Å². The average Bonchev–Trinajstić information content (AvgIpc) is 2.07. The lowest BCUT2D eigenvalue weighted by Gasteiger charge is -2.11. The molecule has 0 amide bonds. The Hall–Kier alpha value is -1.00. The molecule has 0 fully saturated rings. The van der Waals surface area contributed by atoms with Gasteiger partial charge < -0.3 is 9.84 Å². The van der Waals surface area contributed by atoms with E-state index in [1.165, 1.54) is 6.92 Å². The van der Waals surface area contributed by atoms with Crippen LogP contribution in [0.2, 0.25) is 0 Å². The number of rotatable bonds is 3. The number of thiocarbonyl (C=S) groups is 1. The first kappa shape index (κ1) is 11.1. The normalized spacial score (nSPS) is 17.6. The Balaban J connectivity index is 2.51. The first-order valence-corrected chi connectivity index (χ1v) is 4.79. The summed E-state index contributed by atoms with van der Waals surface area (Å²) >= 11 is 5.00. The van der Waals surface area contributed by atoms with E-state index in [9.17, 15) is 4.79 Å². The summed E-state index contributed by atoms with van der Waals surface area (Å²) in [6.07, 6.45) is 5.28. The molecule has 0 heterocycles. The van der Waals surface area contributed by atoms with Crippen molar-refractivity contribution in [3.63, 3.8) is 0 Å². The summed E-state index contributed by atoms with van der Waals surface area (Å²) in [5.74, 6) is -0.0305. The van der Waals surface area contributed by atoms with Gasteiger partial charge in [-0.05, 0) is 13.0 Å². The van der Waals surface area contributed by atoms with E-state index in [1.807, 2.05) is 6.08 Å². The zero-order valence-electron chi connectivity index (χ0n) is 7.90. The van der Waals surface area contributed by atoms with Crippen LogP contribution in [-0.2, 0) is 9.53 Å². The van der Waals surface area contributed by atoms with Gasteiger partial charge in [-0.1, -0.05) is 24.4 Å². The Labute approximate surface area is 88.1 Å². The highest BCUT2D eigenvalue weighted by molar-refractivity contribution is 7.80. The fourth-order valence-electron chi connectivity index (χ4n) is 1.02. The predicted molar refractivity (Wildman–Crippen MR) is 56.8 cm³/mol. The summed E-state index contributed by atoms with van der Waals surface area (Å²) in [5.41, 5.74) is 0. The Morgan fingerprint density at radius 3 is 3.07 bits per heavy atom. The van der Waals surface area contributed by atoms with Gasteiger partial charge in [-0.15, -0.1) is 0 Å². The van der Waals surface area contributed by atoms with Crippen molar-refractivity contribution in [1.82, 2.24) is 0 Å². The van der Waals surface area contributed by atoms with E-state index in [0.29, 0.717) is 17.0 Å². The Bertz CT molecular complexity index is 302. The highest BCUT2D eigenvalue weighted by Crippen LogP contribution is 2.12. The Morgan fingerprint density at radius 1 is 1.79 bits per heavy atom. The molecule has 0 spiro atoms. The van der Waals surface area contributed by atoms with Crippen LogP contribution in [0.5, 0.6) is 0 Å². The number of esters is 1. The van der Waals surface area contributed by atoms with Gasteiger partial charge in [0.25, 0.3) is 0 Å². The van der Waals surface area contributed by atoms with Gasteiger partial charge in [0.15, 0.2) is 0 Å². The number of allylic oxidation sites excluding steroid dienone is 4. The maximum Gasteiger partial charge on any atom is 0.313 e. The minimum absolute atomic E-state index is 0.0103. The minimum Gasteiger partial charge on any atom is -0.425 e. The minimum atomic E-state index is -0.684. The second kappa shape index (κ2) is 5.02. The number of hydrogen-bond donors (Lipinski definition) is 1. The summed E-state index contributed by atoms with van der Waals surface area (Å²) in [5, 5.41) is 8.95. The maximum absolute atomic E-state index is 11.2. The van der Waals surface area contributed by atoms with Crippen LogP contribution in [0.25, 0.3) is 0 Å². The quantitative estimate of drug-likeness (QED) is 0.569. The number of hydrogen-bond acceptors (Lipinski definition) is 4. The van der Waals surface area contributed by atoms with E-state index in [2.05, 4.69) is 0 Å². The molecule has 0 saturated heterocycles. The molecule has 3 nitrogen and oxygen atoms in total. The van der Waals surface area contributed by atoms with Crippen molar-refractivity contribution in [3.8, 4) is 0 Å². The lowest BCUT2D eigenvalue weighted by molar-refractivity contribution is -0.140. The zero-order valence-corrected chi connectivity index (χ0v) is 8.71. The molecule has 0 bridgehead atoms. The third-order valence-electron chi connectivity index (χ3n) is 1.65. The van der Waals surface area contributed by atoms with Gasteiger partial charge >= 0.3 is 5.97 Å². The summed E-state index contributed by atoms with van der Waals surface area (Å²) in [6.45, 7) is 1.54. The van der Waals surface area contributed by atoms with Crippen LogP contribution in [0.1, 0.15) is 19.8 Å². The molecule has 0 aromatic carbocycles. The number of carbonyl (C=O) groups excluding carboxylic acids is 1. The maximum atomic E-state index is 11.2. The fraction of sp³-hybridized carbons (Fsp3) is 0.400. The largest absolute Gasteiger partial charge is 0.425 e. The smallest absolute Gasteiger partial charge is 0.313 e. The van der Waals surface area contributed by atoms with Crippen LogP contribution in [-0.4, -0.2) is 22.0 Å². The number of carbonyl (C=O) groups is 1. The predicted octanol–water partition coefficient (Wildman–Crippen LogP) is 1.51. The third kappa shape index (κ3) is 3.40. The molecule has 1 atom stereocenters. The Kier molecular flexibility index (Phi) is 3.98. The van der Waals surface area contributed by atoms with E-state index in [1.54, 1.807) is 12.2 Å². The second-order valence-electron chi connectivity index (χ2n) is 3.11. The molecule has 0 saturated carbocycles. The fourth-order valence-corrected chi connectivity index (χ4v) is 1.23. The third-order valence-corrected chi connectivity index (χ3v) is 2.02. The van der Waals surface area contributed by atoms with Crippen molar-refractivity contribution in [1.29, 1.82) is 0 Å². The lowest BCUT2D eigenvalue weighted by Crippen LogP contribution is -2.15. The molecular formula is C10H12O3S. The topological polar surface area (TPSA) is 46.5 Å². The van der Waals surface area contributed by atoms with Gasteiger partial charge in [0.2, 0.25) is 0 Å². The van der Waals surface area contributed by atoms with Crippen molar-refractivity contribution in [3.05, 3.63) is 24.0 Å². The van der Waals surface area contributed by atoms with Gasteiger partial charge in [-0.2, -0.15) is 0 Å². The van der Waals surface area contributed by atoms with Crippen LogP contribution in [0.3, 0.4) is 0 Å². The van der Waals surface area contributed by atoms with Crippen molar-refractivity contribution >= 4 is 23.1 Å². The van der Waals surface area contributed by atoms with E-state index >= 15 is 0 Å². The number of aliphatic hydroxyl groups excluding tert-OH is 1. The van der Waals surface area contributed by atoms with Crippen LogP contribution < -0.4 is 0 Å². The van der Waals surface area contributed by atoms with Gasteiger partial charge in [-0.25, -0.2) is 0 Å². The first-order valence-electron chi connectivity index (χ1n) is 4.38. The molecule has 0 radical (unpaired) electrons. The summed E-state index contributed by atoms with van der Waals surface area (Å²) in [4.78, 5) is 11.8. The second-order valence-corrected chi connectivity index (χ2v) is 3.61. The SMILES string of the molecule is C[C@@H](O)CC(=O)OC1=CC=CCC1=S. The molecule has 0 aliphatic heterocycles. The van der Waals surface area contributed by atoms with E-state index in [0.717, 1.165) is 0 Å².